The Morgan fingerprint density at radius 3 is 2.39 bits per heavy atom. The van der Waals surface area contributed by atoms with Crippen molar-refractivity contribution in [1.29, 1.82) is 0 Å². The monoisotopic (exact) mass is 302 g/mol. The van der Waals surface area contributed by atoms with Crippen LogP contribution in [0.4, 0.5) is 0 Å². The molecule has 0 radical (unpaired) electrons. The van der Waals surface area contributed by atoms with Crippen LogP contribution in [-0.4, -0.2) is 0 Å². The highest BCUT2D eigenvalue weighted by Gasteiger charge is 2.28. The average molecular weight is 302 g/mol. The summed E-state index contributed by atoms with van der Waals surface area (Å²) in [5, 5.41) is 0. The summed E-state index contributed by atoms with van der Waals surface area (Å²) in [5.41, 5.74) is 9.72. The Morgan fingerprint density at radius 2 is 1.74 bits per heavy atom. The highest BCUT2D eigenvalue weighted by molar-refractivity contribution is 5.85. The second-order valence-corrected chi connectivity index (χ2v) is 7.30. The first-order valence-corrected chi connectivity index (χ1v) is 8.48. The molecule has 0 N–H and O–H groups in total. The molecule has 118 valence electrons. The fraction of sp³-hybridized carbons (Fsp3) is 0.304. The van der Waals surface area contributed by atoms with Crippen LogP contribution < -0.4 is 0 Å². The average Bonchev–Trinajstić information content (AvgIpc) is 2.55. The predicted octanol–water partition coefficient (Wildman–Crippen LogP) is 6.53. The summed E-state index contributed by atoms with van der Waals surface area (Å²) in [4.78, 5) is 0. The van der Waals surface area contributed by atoms with Crippen molar-refractivity contribution in [2.75, 3.05) is 0 Å². The van der Waals surface area contributed by atoms with Crippen molar-refractivity contribution < 1.29 is 0 Å². The minimum Gasteiger partial charge on any atom is -0.0841 e. The van der Waals surface area contributed by atoms with Gasteiger partial charge in [-0.25, -0.2) is 0 Å². The molecular formula is C23H26. The maximum absolute atomic E-state index is 2.42. The molecule has 0 nitrogen and oxygen atoms in total. The fourth-order valence-electron chi connectivity index (χ4n) is 3.35. The summed E-state index contributed by atoms with van der Waals surface area (Å²) in [7, 11) is 0. The lowest BCUT2D eigenvalue weighted by atomic mass is 9.71. The van der Waals surface area contributed by atoms with E-state index in [1.807, 2.05) is 0 Å². The second kappa shape index (κ2) is 5.85. The first-order chi connectivity index (χ1) is 10.9. The van der Waals surface area contributed by atoms with Crippen molar-refractivity contribution in [1.82, 2.24) is 0 Å². The van der Waals surface area contributed by atoms with Crippen molar-refractivity contribution in [3.05, 3.63) is 82.4 Å². The fourth-order valence-corrected chi connectivity index (χ4v) is 3.35. The molecule has 0 bridgehead atoms. The SMILES string of the molecule is C/C=C(\C)c1ccc2c(c1)C(c1ccc(C)cc1)=CCC2(C)C. The molecule has 0 atom stereocenters. The molecule has 0 fully saturated rings. The molecule has 0 amide bonds. The van der Waals surface area contributed by atoms with Gasteiger partial charge in [0.1, 0.15) is 0 Å². The molecule has 1 aliphatic rings. The number of hydrogen-bond acceptors (Lipinski definition) is 0. The third kappa shape index (κ3) is 2.91. The first-order valence-electron chi connectivity index (χ1n) is 8.48. The molecule has 0 aromatic heterocycles. The van der Waals surface area contributed by atoms with Crippen LogP contribution in [0.15, 0.2) is 54.6 Å². The maximum Gasteiger partial charge on any atom is -0.00626 e. The van der Waals surface area contributed by atoms with E-state index in [9.17, 15) is 0 Å². The molecule has 2 aromatic rings. The third-order valence-electron chi connectivity index (χ3n) is 5.11. The standard InChI is InChI=1S/C23H26/c1-6-17(3)19-11-12-22-21(15-19)20(13-14-23(22,4)5)18-9-7-16(2)8-10-18/h6-13,15H,14H2,1-5H3/b17-6+. The van der Waals surface area contributed by atoms with Gasteiger partial charge < -0.3 is 0 Å². The smallest absolute Gasteiger partial charge is 0.00626 e. The zero-order valence-electron chi connectivity index (χ0n) is 14.9. The highest BCUT2D eigenvalue weighted by Crippen LogP contribution is 2.42. The van der Waals surface area contributed by atoms with Gasteiger partial charge in [-0.3, -0.25) is 0 Å². The van der Waals surface area contributed by atoms with E-state index < -0.39 is 0 Å². The van der Waals surface area contributed by atoms with Crippen LogP contribution >= 0.6 is 0 Å². The quantitative estimate of drug-likeness (QED) is 0.591. The van der Waals surface area contributed by atoms with Crippen LogP contribution in [0.2, 0.25) is 0 Å². The lowest BCUT2D eigenvalue weighted by Gasteiger charge is -2.33. The normalized spacial score (nSPS) is 16.7. The molecule has 0 saturated carbocycles. The number of hydrogen-bond donors (Lipinski definition) is 0. The van der Waals surface area contributed by atoms with Crippen molar-refractivity contribution in [2.45, 2.75) is 46.5 Å². The topological polar surface area (TPSA) is 0 Å². The molecule has 23 heavy (non-hydrogen) atoms. The minimum absolute atomic E-state index is 0.200. The van der Waals surface area contributed by atoms with Crippen LogP contribution in [0.1, 0.15) is 61.9 Å². The van der Waals surface area contributed by atoms with E-state index >= 15 is 0 Å². The van der Waals surface area contributed by atoms with Crippen LogP contribution in [0.3, 0.4) is 0 Å². The van der Waals surface area contributed by atoms with Gasteiger partial charge in [0.2, 0.25) is 0 Å². The molecule has 0 heterocycles. The van der Waals surface area contributed by atoms with Gasteiger partial charge >= 0.3 is 0 Å². The van der Waals surface area contributed by atoms with E-state index in [4.69, 9.17) is 0 Å². The van der Waals surface area contributed by atoms with Crippen LogP contribution in [0, 0.1) is 6.92 Å². The summed E-state index contributed by atoms with van der Waals surface area (Å²) in [5.74, 6) is 0. The van der Waals surface area contributed by atoms with Crippen molar-refractivity contribution in [2.24, 2.45) is 0 Å². The third-order valence-corrected chi connectivity index (χ3v) is 5.11. The van der Waals surface area contributed by atoms with E-state index in [1.54, 1.807) is 0 Å². The Balaban J connectivity index is 2.18. The molecule has 3 rings (SSSR count). The van der Waals surface area contributed by atoms with Gasteiger partial charge in [0.25, 0.3) is 0 Å². The molecule has 2 aromatic carbocycles. The Hall–Kier alpha value is -2.08. The summed E-state index contributed by atoms with van der Waals surface area (Å²) in [6.07, 6.45) is 5.69. The number of rotatable bonds is 2. The summed E-state index contributed by atoms with van der Waals surface area (Å²) in [6, 6.07) is 15.9. The maximum atomic E-state index is 2.42. The molecule has 0 spiro atoms. The van der Waals surface area contributed by atoms with Crippen molar-refractivity contribution in [3.8, 4) is 0 Å². The van der Waals surface area contributed by atoms with E-state index in [1.165, 1.54) is 39.0 Å². The van der Waals surface area contributed by atoms with Gasteiger partial charge in [0.15, 0.2) is 0 Å². The Kier molecular flexibility index (Phi) is 4.02. The van der Waals surface area contributed by atoms with E-state index in [2.05, 4.69) is 89.2 Å². The zero-order valence-corrected chi connectivity index (χ0v) is 14.9. The number of allylic oxidation sites excluding steroid dienone is 3. The van der Waals surface area contributed by atoms with Crippen LogP contribution in [0.5, 0.6) is 0 Å². The summed E-state index contributed by atoms with van der Waals surface area (Å²) in [6.45, 7) is 11.1. The Morgan fingerprint density at radius 1 is 1.04 bits per heavy atom. The van der Waals surface area contributed by atoms with Gasteiger partial charge in [-0.05, 0) is 72.1 Å². The van der Waals surface area contributed by atoms with Crippen LogP contribution in [-0.2, 0) is 5.41 Å². The van der Waals surface area contributed by atoms with Crippen LogP contribution in [0.25, 0.3) is 11.1 Å². The first kappa shape index (κ1) is 15.8. The molecule has 1 aliphatic carbocycles. The van der Waals surface area contributed by atoms with E-state index in [-0.39, 0.29) is 5.41 Å². The Bertz CT molecular complexity index is 783. The molecular weight excluding hydrogens is 276 g/mol. The van der Waals surface area contributed by atoms with Gasteiger partial charge in [-0.1, -0.05) is 68.0 Å². The van der Waals surface area contributed by atoms with Gasteiger partial charge in [-0.2, -0.15) is 0 Å². The van der Waals surface area contributed by atoms with Crippen molar-refractivity contribution >= 4 is 11.1 Å². The van der Waals surface area contributed by atoms with E-state index in [0.717, 1.165) is 6.42 Å². The predicted molar refractivity (Wildman–Crippen MR) is 102 cm³/mol. The number of aryl methyl sites for hydroxylation is 1. The molecule has 0 heteroatoms. The van der Waals surface area contributed by atoms with Gasteiger partial charge in [0, 0.05) is 0 Å². The minimum atomic E-state index is 0.200. The largest absolute Gasteiger partial charge is 0.0841 e. The van der Waals surface area contributed by atoms with Gasteiger partial charge in [-0.15, -0.1) is 0 Å². The van der Waals surface area contributed by atoms with Gasteiger partial charge in [0.05, 0.1) is 0 Å². The summed E-state index contributed by atoms with van der Waals surface area (Å²) >= 11 is 0. The second-order valence-electron chi connectivity index (χ2n) is 7.30. The summed E-state index contributed by atoms with van der Waals surface area (Å²) < 4.78 is 0. The van der Waals surface area contributed by atoms with E-state index in [0.29, 0.717) is 0 Å². The number of fused-ring (bicyclic) bond motifs is 1. The Labute approximate surface area is 140 Å². The zero-order chi connectivity index (χ0) is 16.6. The molecule has 0 saturated heterocycles. The molecule has 0 unspecified atom stereocenters. The number of benzene rings is 2. The lowest BCUT2D eigenvalue weighted by molar-refractivity contribution is 0.527. The molecule has 0 aliphatic heterocycles. The van der Waals surface area contributed by atoms with Crippen molar-refractivity contribution in [3.63, 3.8) is 0 Å². The lowest BCUT2D eigenvalue weighted by Crippen LogP contribution is -2.22. The highest BCUT2D eigenvalue weighted by atomic mass is 14.3.